The number of amides is 1. The van der Waals surface area contributed by atoms with Gasteiger partial charge in [-0.1, -0.05) is 25.5 Å². The summed E-state index contributed by atoms with van der Waals surface area (Å²) >= 11 is 0. The number of aromatic nitrogens is 4. The summed E-state index contributed by atoms with van der Waals surface area (Å²) < 4.78 is 51.4. The third-order valence-electron chi connectivity index (χ3n) is 5.57. The lowest BCUT2D eigenvalue weighted by Crippen LogP contribution is -2.24. The van der Waals surface area contributed by atoms with Crippen molar-refractivity contribution in [2.24, 2.45) is 5.41 Å². The molecule has 0 atom stereocenters. The molecule has 0 bridgehead atoms. The molecule has 0 saturated heterocycles. The third kappa shape index (κ3) is 6.01. The molecule has 0 radical (unpaired) electrons. The second-order valence-electron chi connectivity index (χ2n) is 9.73. The number of furan rings is 1. The number of hydrogen-bond acceptors (Lipinski definition) is 7. The number of halogens is 3. The number of hydrogen-bond donors (Lipinski definition) is 1. The highest BCUT2D eigenvalue weighted by Crippen LogP contribution is 2.34. The molecule has 12 heteroatoms. The van der Waals surface area contributed by atoms with Gasteiger partial charge in [0.2, 0.25) is 12.6 Å². The zero-order valence-electron chi connectivity index (χ0n) is 21.2. The van der Waals surface area contributed by atoms with E-state index in [0.29, 0.717) is 17.4 Å². The number of anilines is 1. The largest absolute Gasteiger partial charge is 0.453 e. The Kier molecular flexibility index (Phi) is 7.25. The van der Waals surface area contributed by atoms with Crippen LogP contribution in [-0.2, 0) is 28.9 Å². The van der Waals surface area contributed by atoms with Crippen molar-refractivity contribution in [2.75, 3.05) is 5.32 Å². The van der Waals surface area contributed by atoms with Crippen LogP contribution in [0.15, 0.2) is 46.9 Å². The standard InChI is InChI=1S/C26H26F3N5O4/c1-5-6-15-9-10-18(13-19(15)26(27,28)29)30-23(35)17-8-7-16-11-21(38-20(16)12-17)22-31-33-34(32-22)14-37-24(36)25(2,3)4/h7-13H,5-6,14H2,1-4H3,(H,30,35). The highest BCUT2D eigenvalue weighted by Gasteiger charge is 2.33. The fourth-order valence-electron chi connectivity index (χ4n) is 3.62. The molecule has 1 amide bonds. The molecule has 0 saturated carbocycles. The van der Waals surface area contributed by atoms with E-state index in [2.05, 4.69) is 20.7 Å². The van der Waals surface area contributed by atoms with Crippen LogP contribution in [0.3, 0.4) is 0 Å². The molecule has 0 fully saturated rings. The summed E-state index contributed by atoms with van der Waals surface area (Å²) in [6.45, 7) is 6.75. The zero-order chi connectivity index (χ0) is 27.7. The summed E-state index contributed by atoms with van der Waals surface area (Å²) in [5.41, 5.74) is -0.689. The second kappa shape index (κ2) is 10.3. The molecule has 2 aromatic carbocycles. The van der Waals surface area contributed by atoms with Crippen molar-refractivity contribution in [3.63, 3.8) is 0 Å². The van der Waals surface area contributed by atoms with Crippen molar-refractivity contribution in [3.05, 3.63) is 59.2 Å². The molecule has 4 rings (SSSR count). The maximum absolute atomic E-state index is 13.5. The fourth-order valence-corrected chi connectivity index (χ4v) is 3.62. The van der Waals surface area contributed by atoms with Gasteiger partial charge in [-0.3, -0.25) is 9.59 Å². The molecule has 0 aliphatic heterocycles. The van der Waals surface area contributed by atoms with Crippen molar-refractivity contribution in [2.45, 2.75) is 53.4 Å². The van der Waals surface area contributed by atoms with Crippen LogP contribution in [0.2, 0.25) is 0 Å². The lowest BCUT2D eigenvalue weighted by atomic mass is 9.98. The van der Waals surface area contributed by atoms with Crippen LogP contribution >= 0.6 is 0 Å². The number of esters is 1. The van der Waals surface area contributed by atoms with Crippen LogP contribution in [0.25, 0.3) is 22.6 Å². The maximum atomic E-state index is 13.5. The summed E-state index contributed by atoms with van der Waals surface area (Å²) in [5, 5.41) is 15.1. The van der Waals surface area contributed by atoms with Crippen LogP contribution in [0.1, 0.15) is 55.6 Å². The van der Waals surface area contributed by atoms with Gasteiger partial charge in [0.05, 0.1) is 11.0 Å². The van der Waals surface area contributed by atoms with Gasteiger partial charge in [0.25, 0.3) is 5.91 Å². The first-order valence-corrected chi connectivity index (χ1v) is 11.9. The predicted octanol–water partition coefficient (Wildman–Crippen LogP) is 5.86. The molecule has 2 heterocycles. The maximum Gasteiger partial charge on any atom is 0.416 e. The number of fused-ring (bicyclic) bond motifs is 1. The van der Waals surface area contributed by atoms with Crippen LogP contribution in [0, 0.1) is 5.41 Å². The van der Waals surface area contributed by atoms with Crippen molar-refractivity contribution in [1.29, 1.82) is 0 Å². The number of nitrogens with zero attached hydrogens (tertiary/aromatic N) is 4. The minimum atomic E-state index is -4.53. The average molecular weight is 530 g/mol. The van der Waals surface area contributed by atoms with Crippen molar-refractivity contribution in [1.82, 2.24) is 20.2 Å². The van der Waals surface area contributed by atoms with E-state index in [0.717, 1.165) is 10.9 Å². The van der Waals surface area contributed by atoms with E-state index in [1.54, 1.807) is 39.8 Å². The van der Waals surface area contributed by atoms with E-state index in [1.807, 2.05) is 0 Å². The molecule has 0 aliphatic carbocycles. The molecular weight excluding hydrogens is 503 g/mol. The van der Waals surface area contributed by atoms with Crippen molar-refractivity contribution in [3.8, 4) is 11.6 Å². The van der Waals surface area contributed by atoms with Gasteiger partial charge in [-0.05, 0) is 68.3 Å². The van der Waals surface area contributed by atoms with Crippen molar-refractivity contribution >= 4 is 28.5 Å². The summed E-state index contributed by atoms with van der Waals surface area (Å²) in [7, 11) is 0. The smallest absolute Gasteiger partial charge is 0.416 e. The van der Waals surface area contributed by atoms with Gasteiger partial charge >= 0.3 is 12.1 Å². The Bertz CT molecular complexity index is 1480. The summed E-state index contributed by atoms with van der Waals surface area (Å²) in [6, 6.07) is 10.1. The lowest BCUT2D eigenvalue weighted by Gasteiger charge is -2.15. The van der Waals surface area contributed by atoms with E-state index < -0.39 is 29.0 Å². The fraction of sp³-hybridized carbons (Fsp3) is 0.346. The van der Waals surface area contributed by atoms with Gasteiger partial charge in [-0.15, -0.1) is 15.0 Å². The number of alkyl halides is 3. The van der Waals surface area contributed by atoms with Crippen molar-refractivity contribution < 1.29 is 31.9 Å². The van der Waals surface area contributed by atoms with Gasteiger partial charge in [-0.25, -0.2) is 0 Å². The number of benzene rings is 2. The van der Waals surface area contributed by atoms with E-state index in [1.165, 1.54) is 24.3 Å². The minimum Gasteiger partial charge on any atom is -0.453 e. The van der Waals surface area contributed by atoms with E-state index >= 15 is 0 Å². The monoisotopic (exact) mass is 529 g/mol. The highest BCUT2D eigenvalue weighted by atomic mass is 19.4. The number of rotatable bonds is 7. The van der Waals surface area contributed by atoms with Gasteiger partial charge in [0, 0.05) is 16.6 Å². The van der Waals surface area contributed by atoms with E-state index in [-0.39, 0.29) is 41.6 Å². The van der Waals surface area contributed by atoms with Gasteiger partial charge in [0.1, 0.15) is 5.58 Å². The minimum absolute atomic E-state index is 0.0374. The molecule has 9 nitrogen and oxygen atoms in total. The number of tetrazole rings is 1. The first-order valence-electron chi connectivity index (χ1n) is 11.9. The van der Waals surface area contributed by atoms with Crippen LogP contribution in [0.5, 0.6) is 0 Å². The van der Waals surface area contributed by atoms with Crippen LogP contribution < -0.4 is 5.32 Å². The van der Waals surface area contributed by atoms with E-state index in [4.69, 9.17) is 9.15 Å². The average Bonchev–Trinajstić information content (AvgIpc) is 3.48. The molecule has 200 valence electrons. The Balaban J connectivity index is 1.50. The molecule has 0 aliphatic rings. The topological polar surface area (TPSA) is 112 Å². The highest BCUT2D eigenvalue weighted by molar-refractivity contribution is 6.06. The van der Waals surface area contributed by atoms with E-state index in [9.17, 15) is 22.8 Å². The van der Waals surface area contributed by atoms with Gasteiger partial charge in [0.15, 0.2) is 5.76 Å². The number of carbonyl (C=O) groups excluding carboxylic acids is 2. The first kappa shape index (κ1) is 26.8. The first-order chi connectivity index (χ1) is 17.8. The summed E-state index contributed by atoms with van der Waals surface area (Å²) in [6.07, 6.45) is -3.68. The second-order valence-corrected chi connectivity index (χ2v) is 9.73. The number of aryl methyl sites for hydroxylation is 1. The van der Waals surface area contributed by atoms with Gasteiger partial charge in [-0.2, -0.15) is 13.2 Å². The molecule has 0 unspecified atom stereocenters. The SMILES string of the molecule is CCCc1ccc(NC(=O)c2ccc3cc(-c4nnn(COC(=O)C(C)(C)C)n4)oc3c2)cc1C(F)(F)F. The quantitative estimate of drug-likeness (QED) is 0.299. The molecule has 1 N–H and O–H groups in total. The molecule has 2 aromatic heterocycles. The third-order valence-corrected chi connectivity index (χ3v) is 5.57. The Morgan fingerprint density at radius 1 is 1.08 bits per heavy atom. The summed E-state index contributed by atoms with van der Waals surface area (Å²) in [5.74, 6) is -0.596. The number of carbonyl (C=O) groups is 2. The van der Waals surface area contributed by atoms with Crippen LogP contribution in [0.4, 0.5) is 18.9 Å². The Morgan fingerprint density at radius 2 is 1.84 bits per heavy atom. The normalized spacial score (nSPS) is 12.1. The molecule has 0 spiro atoms. The number of nitrogens with one attached hydrogen (secondary N) is 1. The Morgan fingerprint density at radius 3 is 2.53 bits per heavy atom. The lowest BCUT2D eigenvalue weighted by molar-refractivity contribution is -0.158. The van der Waals surface area contributed by atoms with Gasteiger partial charge < -0.3 is 14.5 Å². The zero-order valence-corrected chi connectivity index (χ0v) is 21.2. The van der Waals surface area contributed by atoms with Crippen LogP contribution in [-0.4, -0.2) is 32.1 Å². The Labute approximate surface area is 216 Å². The molecule has 4 aromatic rings. The summed E-state index contributed by atoms with van der Waals surface area (Å²) in [4.78, 5) is 25.8. The Hall–Kier alpha value is -4.22. The molecular formula is C26H26F3N5O4. The predicted molar refractivity (Wildman–Crippen MR) is 132 cm³/mol. The number of ether oxygens (including phenoxy) is 1. The molecule has 38 heavy (non-hydrogen) atoms.